The van der Waals surface area contributed by atoms with Crippen LogP contribution in [0.15, 0.2) is 24.3 Å². The Labute approximate surface area is 121 Å². The lowest BCUT2D eigenvalue weighted by Gasteiger charge is -2.12. The van der Waals surface area contributed by atoms with Gasteiger partial charge in [0, 0.05) is 0 Å². The molecule has 0 heterocycles. The number of benzene rings is 1. The van der Waals surface area contributed by atoms with E-state index in [4.69, 9.17) is 15.2 Å². The van der Waals surface area contributed by atoms with Gasteiger partial charge in [0.2, 0.25) is 0 Å². The number of ether oxygens (including phenoxy) is 2. The standard InChI is InChI=1S/C16H25NO3/c1-12(2)11-20-16(18)15(17)6-4-5-13-7-9-14(19-3)10-8-13/h7-10,12,15H,4-6,11,17H2,1-3H3. The molecule has 0 aliphatic heterocycles. The Bertz CT molecular complexity index is 401. The van der Waals surface area contributed by atoms with Gasteiger partial charge in [0.15, 0.2) is 0 Å². The SMILES string of the molecule is COc1ccc(CCCC(N)C(=O)OCC(C)C)cc1. The van der Waals surface area contributed by atoms with Crippen molar-refractivity contribution in [2.45, 2.75) is 39.2 Å². The first kappa shape index (κ1) is 16.5. The summed E-state index contributed by atoms with van der Waals surface area (Å²) in [6.07, 6.45) is 2.41. The molecule has 0 saturated carbocycles. The molecule has 0 fully saturated rings. The van der Waals surface area contributed by atoms with E-state index < -0.39 is 6.04 Å². The minimum Gasteiger partial charge on any atom is -0.497 e. The van der Waals surface area contributed by atoms with Crippen LogP contribution in [0.2, 0.25) is 0 Å². The maximum atomic E-state index is 11.6. The van der Waals surface area contributed by atoms with Crippen molar-refractivity contribution in [2.75, 3.05) is 13.7 Å². The van der Waals surface area contributed by atoms with Gasteiger partial charge < -0.3 is 15.2 Å². The zero-order valence-electron chi connectivity index (χ0n) is 12.6. The van der Waals surface area contributed by atoms with Crippen molar-refractivity contribution >= 4 is 5.97 Å². The summed E-state index contributed by atoms with van der Waals surface area (Å²) in [5, 5.41) is 0. The summed E-state index contributed by atoms with van der Waals surface area (Å²) in [5.41, 5.74) is 7.03. The molecule has 2 N–H and O–H groups in total. The third-order valence-corrected chi connectivity index (χ3v) is 3.00. The van der Waals surface area contributed by atoms with Gasteiger partial charge in [-0.05, 0) is 42.9 Å². The molecule has 1 aromatic rings. The largest absolute Gasteiger partial charge is 0.497 e. The number of esters is 1. The highest BCUT2D eigenvalue weighted by atomic mass is 16.5. The first-order valence-corrected chi connectivity index (χ1v) is 7.08. The predicted octanol–water partition coefficient (Wildman–Crippen LogP) is 2.54. The molecule has 0 spiro atoms. The van der Waals surface area contributed by atoms with Gasteiger partial charge in [0.1, 0.15) is 11.8 Å². The van der Waals surface area contributed by atoms with Crippen molar-refractivity contribution in [3.8, 4) is 5.75 Å². The van der Waals surface area contributed by atoms with Gasteiger partial charge >= 0.3 is 5.97 Å². The third kappa shape index (κ3) is 6.06. The molecular formula is C16H25NO3. The quantitative estimate of drug-likeness (QED) is 0.743. The highest BCUT2D eigenvalue weighted by Gasteiger charge is 2.14. The van der Waals surface area contributed by atoms with Crippen LogP contribution in [-0.4, -0.2) is 25.7 Å². The fourth-order valence-electron chi connectivity index (χ4n) is 1.79. The Morgan fingerprint density at radius 2 is 1.90 bits per heavy atom. The molecule has 0 aliphatic rings. The van der Waals surface area contributed by atoms with Crippen molar-refractivity contribution < 1.29 is 14.3 Å². The summed E-state index contributed by atoms with van der Waals surface area (Å²) in [5.74, 6) is 0.890. The van der Waals surface area contributed by atoms with Crippen LogP contribution in [0.3, 0.4) is 0 Å². The second kappa shape index (κ2) is 8.59. The van der Waals surface area contributed by atoms with Crippen LogP contribution in [-0.2, 0) is 16.0 Å². The number of hydrogen-bond acceptors (Lipinski definition) is 4. The topological polar surface area (TPSA) is 61.5 Å². The molecule has 1 unspecified atom stereocenters. The molecule has 0 amide bonds. The summed E-state index contributed by atoms with van der Waals surface area (Å²) >= 11 is 0. The second-order valence-corrected chi connectivity index (χ2v) is 5.37. The molecular weight excluding hydrogens is 254 g/mol. The fourth-order valence-corrected chi connectivity index (χ4v) is 1.79. The number of carbonyl (C=O) groups excluding carboxylic acids is 1. The number of rotatable bonds is 8. The van der Waals surface area contributed by atoms with Crippen molar-refractivity contribution in [2.24, 2.45) is 11.7 Å². The monoisotopic (exact) mass is 279 g/mol. The number of carbonyl (C=O) groups is 1. The zero-order chi connectivity index (χ0) is 15.0. The molecule has 4 heteroatoms. The Balaban J connectivity index is 2.26. The molecule has 0 aromatic heterocycles. The zero-order valence-corrected chi connectivity index (χ0v) is 12.6. The fraction of sp³-hybridized carbons (Fsp3) is 0.562. The van der Waals surface area contributed by atoms with Gasteiger partial charge in [-0.25, -0.2) is 0 Å². The third-order valence-electron chi connectivity index (χ3n) is 3.00. The van der Waals surface area contributed by atoms with Gasteiger partial charge in [-0.15, -0.1) is 0 Å². The summed E-state index contributed by atoms with van der Waals surface area (Å²) in [6.45, 7) is 4.44. The van der Waals surface area contributed by atoms with Crippen molar-refractivity contribution in [1.82, 2.24) is 0 Å². The highest BCUT2D eigenvalue weighted by Crippen LogP contribution is 2.13. The van der Waals surface area contributed by atoms with E-state index in [1.54, 1.807) is 7.11 Å². The van der Waals surface area contributed by atoms with Crippen LogP contribution in [0.5, 0.6) is 5.75 Å². The lowest BCUT2D eigenvalue weighted by atomic mass is 10.1. The molecule has 0 saturated heterocycles. The number of hydrogen-bond donors (Lipinski definition) is 1. The highest BCUT2D eigenvalue weighted by molar-refractivity contribution is 5.75. The average molecular weight is 279 g/mol. The van der Waals surface area contributed by atoms with Crippen molar-refractivity contribution in [1.29, 1.82) is 0 Å². The van der Waals surface area contributed by atoms with E-state index in [9.17, 15) is 4.79 Å². The smallest absolute Gasteiger partial charge is 0.322 e. The van der Waals surface area contributed by atoms with E-state index in [1.165, 1.54) is 5.56 Å². The average Bonchev–Trinajstić information content (AvgIpc) is 2.45. The predicted molar refractivity (Wildman–Crippen MR) is 79.7 cm³/mol. The van der Waals surface area contributed by atoms with Crippen LogP contribution in [0.1, 0.15) is 32.3 Å². The summed E-state index contributed by atoms with van der Waals surface area (Å²) < 4.78 is 10.2. The lowest BCUT2D eigenvalue weighted by Crippen LogP contribution is -2.33. The summed E-state index contributed by atoms with van der Waals surface area (Å²) in [7, 11) is 1.65. The van der Waals surface area contributed by atoms with Gasteiger partial charge in [-0.1, -0.05) is 26.0 Å². The molecule has 4 nitrogen and oxygen atoms in total. The van der Waals surface area contributed by atoms with Gasteiger partial charge in [-0.2, -0.15) is 0 Å². The van der Waals surface area contributed by atoms with E-state index in [1.807, 2.05) is 38.1 Å². The van der Waals surface area contributed by atoms with Crippen LogP contribution >= 0.6 is 0 Å². The van der Waals surface area contributed by atoms with Crippen LogP contribution in [0.4, 0.5) is 0 Å². The molecule has 0 aliphatic carbocycles. The molecule has 112 valence electrons. The van der Waals surface area contributed by atoms with E-state index in [2.05, 4.69) is 0 Å². The maximum absolute atomic E-state index is 11.6. The molecule has 0 radical (unpaired) electrons. The minimum atomic E-state index is -0.521. The van der Waals surface area contributed by atoms with Crippen molar-refractivity contribution in [3.05, 3.63) is 29.8 Å². The van der Waals surface area contributed by atoms with E-state index >= 15 is 0 Å². The lowest BCUT2D eigenvalue weighted by molar-refractivity contribution is -0.146. The molecule has 0 bridgehead atoms. The summed E-state index contributed by atoms with van der Waals surface area (Å²) in [6, 6.07) is 7.41. The number of methoxy groups -OCH3 is 1. The Morgan fingerprint density at radius 1 is 1.25 bits per heavy atom. The van der Waals surface area contributed by atoms with Crippen LogP contribution < -0.4 is 10.5 Å². The number of nitrogens with two attached hydrogens (primary N) is 1. The van der Waals surface area contributed by atoms with E-state index in [-0.39, 0.29) is 5.97 Å². The Morgan fingerprint density at radius 3 is 2.45 bits per heavy atom. The van der Waals surface area contributed by atoms with Gasteiger partial charge in [-0.3, -0.25) is 4.79 Å². The van der Waals surface area contributed by atoms with Crippen molar-refractivity contribution in [3.63, 3.8) is 0 Å². The molecule has 20 heavy (non-hydrogen) atoms. The van der Waals surface area contributed by atoms with Crippen LogP contribution in [0.25, 0.3) is 0 Å². The Kier molecular flexibility index (Phi) is 7.09. The van der Waals surface area contributed by atoms with E-state index in [0.29, 0.717) is 18.9 Å². The first-order valence-electron chi connectivity index (χ1n) is 7.08. The first-order chi connectivity index (χ1) is 9.52. The van der Waals surface area contributed by atoms with E-state index in [0.717, 1.165) is 18.6 Å². The molecule has 1 aromatic carbocycles. The molecule has 1 rings (SSSR count). The maximum Gasteiger partial charge on any atom is 0.322 e. The second-order valence-electron chi connectivity index (χ2n) is 5.37. The van der Waals surface area contributed by atoms with Crippen LogP contribution in [0, 0.1) is 5.92 Å². The minimum absolute atomic E-state index is 0.298. The molecule has 1 atom stereocenters. The number of aryl methyl sites for hydroxylation is 1. The van der Waals surface area contributed by atoms with Gasteiger partial charge in [0.05, 0.1) is 13.7 Å². The normalized spacial score (nSPS) is 12.2. The Hall–Kier alpha value is -1.55. The summed E-state index contributed by atoms with van der Waals surface area (Å²) in [4.78, 5) is 11.6. The van der Waals surface area contributed by atoms with Gasteiger partial charge in [0.25, 0.3) is 0 Å².